The van der Waals surface area contributed by atoms with Gasteiger partial charge in [0, 0.05) is 13.6 Å². The topological polar surface area (TPSA) is 40.5 Å². The van der Waals surface area contributed by atoms with Crippen LogP contribution in [-0.2, 0) is 10.2 Å². The first-order valence-corrected chi connectivity index (χ1v) is 7.02. The summed E-state index contributed by atoms with van der Waals surface area (Å²) in [5.74, 6) is -0.116. The van der Waals surface area contributed by atoms with Crippen LogP contribution in [0.5, 0.6) is 0 Å². The number of benzene rings is 1. The maximum Gasteiger partial charge on any atom is 0.232 e. The maximum atomic E-state index is 13.3. The second-order valence-electron chi connectivity index (χ2n) is 6.23. The van der Waals surface area contributed by atoms with E-state index >= 15 is 0 Å². The summed E-state index contributed by atoms with van der Waals surface area (Å²) in [5.41, 5.74) is -0.157. The van der Waals surface area contributed by atoms with Crippen molar-refractivity contribution in [3.8, 4) is 0 Å². The monoisotopic (exact) mass is 279 g/mol. The number of hydrogen-bond acceptors (Lipinski definition) is 2. The summed E-state index contributed by atoms with van der Waals surface area (Å²) in [5, 5.41) is 9.93. The summed E-state index contributed by atoms with van der Waals surface area (Å²) in [6.45, 7) is 3.90. The molecule has 2 rings (SSSR count). The van der Waals surface area contributed by atoms with Crippen LogP contribution in [0.1, 0.15) is 32.3 Å². The van der Waals surface area contributed by atoms with E-state index in [0.717, 1.165) is 12.8 Å². The van der Waals surface area contributed by atoms with Gasteiger partial charge in [0.05, 0.1) is 11.5 Å². The van der Waals surface area contributed by atoms with Crippen molar-refractivity contribution in [1.29, 1.82) is 0 Å². The predicted molar refractivity (Wildman–Crippen MR) is 75.8 cm³/mol. The van der Waals surface area contributed by atoms with Gasteiger partial charge in [-0.3, -0.25) is 4.79 Å². The summed E-state index contributed by atoms with van der Waals surface area (Å²) in [4.78, 5) is 14.1. The summed E-state index contributed by atoms with van der Waals surface area (Å²) in [7, 11) is 1.69. The van der Waals surface area contributed by atoms with Crippen LogP contribution in [0.15, 0.2) is 24.3 Å². The van der Waals surface area contributed by atoms with E-state index in [2.05, 4.69) is 0 Å². The molecule has 1 aromatic rings. The highest BCUT2D eigenvalue weighted by Gasteiger charge is 2.36. The molecule has 1 atom stereocenters. The summed E-state index contributed by atoms with van der Waals surface area (Å²) >= 11 is 0. The zero-order valence-electron chi connectivity index (χ0n) is 12.3. The molecule has 1 aromatic carbocycles. The lowest BCUT2D eigenvalue weighted by atomic mass is 9.83. The normalized spacial score (nSPS) is 16.9. The second-order valence-corrected chi connectivity index (χ2v) is 6.23. The molecule has 1 aliphatic carbocycles. The Bertz CT molecular complexity index is 497. The Morgan fingerprint density at radius 3 is 2.70 bits per heavy atom. The quantitative estimate of drug-likeness (QED) is 0.898. The van der Waals surface area contributed by atoms with Gasteiger partial charge in [-0.15, -0.1) is 0 Å². The van der Waals surface area contributed by atoms with E-state index in [4.69, 9.17) is 0 Å². The number of hydrogen-bond donors (Lipinski definition) is 1. The van der Waals surface area contributed by atoms with Crippen LogP contribution in [-0.4, -0.2) is 35.6 Å². The third-order valence-corrected chi connectivity index (χ3v) is 4.05. The third-order valence-electron chi connectivity index (χ3n) is 4.05. The van der Waals surface area contributed by atoms with E-state index in [1.807, 2.05) is 0 Å². The van der Waals surface area contributed by atoms with Gasteiger partial charge in [0.25, 0.3) is 0 Å². The summed E-state index contributed by atoms with van der Waals surface area (Å²) in [6.07, 6.45) is 1.62. The zero-order chi connectivity index (χ0) is 14.9. The number of carbonyl (C=O) groups is 1. The molecule has 0 bridgehead atoms. The van der Waals surface area contributed by atoms with Gasteiger partial charge < -0.3 is 10.0 Å². The van der Waals surface area contributed by atoms with Crippen LogP contribution in [0.4, 0.5) is 4.39 Å². The number of nitrogens with zero attached hydrogens (tertiary/aromatic N) is 1. The van der Waals surface area contributed by atoms with E-state index < -0.39 is 11.5 Å². The first-order valence-electron chi connectivity index (χ1n) is 7.02. The number of rotatable bonds is 5. The number of aliphatic hydroxyl groups excluding tert-OH is 1. The fourth-order valence-corrected chi connectivity index (χ4v) is 2.47. The molecule has 110 valence electrons. The number of carbonyl (C=O) groups excluding carboxylic acids is 1. The van der Waals surface area contributed by atoms with E-state index in [9.17, 15) is 14.3 Å². The van der Waals surface area contributed by atoms with Crippen LogP contribution >= 0.6 is 0 Å². The van der Waals surface area contributed by atoms with Gasteiger partial charge in [0.2, 0.25) is 5.91 Å². The molecule has 1 fully saturated rings. The molecule has 1 unspecified atom stereocenters. The molecule has 0 aromatic heterocycles. The Hall–Kier alpha value is -1.42. The lowest BCUT2D eigenvalue weighted by Gasteiger charge is -2.31. The lowest BCUT2D eigenvalue weighted by molar-refractivity contribution is -0.136. The van der Waals surface area contributed by atoms with Gasteiger partial charge in [-0.1, -0.05) is 12.1 Å². The van der Waals surface area contributed by atoms with Crippen LogP contribution in [0.25, 0.3) is 0 Å². The molecule has 1 aliphatic rings. The largest absolute Gasteiger partial charge is 0.391 e. The number of aliphatic hydroxyl groups is 1. The molecule has 1 amide bonds. The molecule has 0 aliphatic heterocycles. The molecule has 1 N–H and O–H groups in total. The van der Waals surface area contributed by atoms with Crippen molar-refractivity contribution in [3.63, 3.8) is 0 Å². The van der Waals surface area contributed by atoms with Gasteiger partial charge in [-0.05, 0) is 50.3 Å². The zero-order valence-corrected chi connectivity index (χ0v) is 12.3. The number of halogens is 1. The van der Waals surface area contributed by atoms with E-state index in [0.29, 0.717) is 18.0 Å². The van der Waals surface area contributed by atoms with Gasteiger partial charge in [-0.25, -0.2) is 4.39 Å². The standard InChI is InChI=1S/C16H22FNO2/c1-16(2,12-5-4-6-13(17)9-12)15(20)18(3)10-14(19)11-7-8-11/h4-6,9,11,14,19H,7-8,10H2,1-3H3. The lowest BCUT2D eigenvalue weighted by Crippen LogP contribution is -2.44. The van der Waals surface area contributed by atoms with E-state index in [-0.39, 0.29) is 11.7 Å². The molecule has 3 nitrogen and oxygen atoms in total. The highest BCUT2D eigenvalue weighted by molar-refractivity contribution is 5.87. The Labute approximate surface area is 119 Å². The van der Waals surface area contributed by atoms with Crippen LogP contribution in [0, 0.1) is 11.7 Å². The van der Waals surface area contributed by atoms with Gasteiger partial charge in [0.1, 0.15) is 5.82 Å². The van der Waals surface area contributed by atoms with Crippen molar-refractivity contribution < 1.29 is 14.3 Å². The Balaban J connectivity index is 2.09. The van der Waals surface area contributed by atoms with E-state index in [1.165, 1.54) is 12.1 Å². The number of amides is 1. The fraction of sp³-hybridized carbons (Fsp3) is 0.562. The molecule has 0 spiro atoms. The van der Waals surface area contributed by atoms with Crippen molar-refractivity contribution in [2.45, 2.75) is 38.2 Å². The molecular weight excluding hydrogens is 257 g/mol. The third kappa shape index (κ3) is 3.18. The number of likely N-dealkylation sites (N-methyl/N-ethyl adjacent to an activating group) is 1. The van der Waals surface area contributed by atoms with Gasteiger partial charge in [0.15, 0.2) is 0 Å². The fourth-order valence-electron chi connectivity index (χ4n) is 2.47. The highest BCUT2D eigenvalue weighted by atomic mass is 19.1. The Morgan fingerprint density at radius 1 is 1.50 bits per heavy atom. The van der Waals surface area contributed by atoms with Crippen molar-refractivity contribution >= 4 is 5.91 Å². The van der Waals surface area contributed by atoms with E-state index in [1.54, 1.807) is 37.9 Å². The second kappa shape index (κ2) is 5.52. The highest BCUT2D eigenvalue weighted by Crippen LogP contribution is 2.33. The van der Waals surface area contributed by atoms with Gasteiger partial charge in [-0.2, -0.15) is 0 Å². The average molecular weight is 279 g/mol. The van der Waals surface area contributed by atoms with Crippen molar-refractivity contribution in [2.75, 3.05) is 13.6 Å². The smallest absolute Gasteiger partial charge is 0.232 e. The maximum absolute atomic E-state index is 13.3. The first kappa shape index (κ1) is 15.0. The molecule has 0 saturated heterocycles. The molecule has 1 saturated carbocycles. The molecule has 0 radical (unpaired) electrons. The predicted octanol–water partition coefficient (Wildman–Crippen LogP) is 2.33. The van der Waals surface area contributed by atoms with Crippen LogP contribution < -0.4 is 0 Å². The summed E-state index contributed by atoms with van der Waals surface area (Å²) < 4.78 is 13.3. The average Bonchev–Trinajstić information content (AvgIpc) is 3.21. The SMILES string of the molecule is CN(CC(O)C1CC1)C(=O)C(C)(C)c1cccc(F)c1. The minimum atomic E-state index is -0.805. The van der Waals surface area contributed by atoms with Crippen molar-refractivity contribution in [2.24, 2.45) is 5.92 Å². The van der Waals surface area contributed by atoms with Gasteiger partial charge >= 0.3 is 0 Å². The molecule has 0 heterocycles. The molecule has 20 heavy (non-hydrogen) atoms. The van der Waals surface area contributed by atoms with Crippen LogP contribution in [0.2, 0.25) is 0 Å². The Kier molecular flexibility index (Phi) is 4.14. The Morgan fingerprint density at radius 2 is 2.15 bits per heavy atom. The minimum absolute atomic E-state index is 0.109. The van der Waals surface area contributed by atoms with Crippen molar-refractivity contribution in [1.82, 2.24) is 4.90 Å². The minimum Gasteiger partial charge on any atom is -0.391 e. The molecular formula is C16H22FNO2. The van der Waals surface area contributed by atoms with Crippen LogP contribution in [0.3, 0.4) is 0 Å². The molecule has 4 heteroatoms. The summed E-state index contributed by atoms with van der Waals surface area (Å²) in [6, 6.07) is 6.12. The first-order chi connectivity index (χ1) is 9.32. The van der Waals surface area contributed by atoms with Crippen molar-refractivity contribution in [3.05, 3.63) is 35.6 Å².